The van der Waals surface area contributed by atoms with Crippen molar-refractivity contribution in [2.75, 3.05) is 32.6 Å². The molecule has 112 valence electrons. The van der Waals surface area contributed by atoms with E-state index >= 15 is 0 Å². The number of ether oxygens (including phenoxy) is 2. The second-order valence-electron chi connectivity index (χ2n) is 4.49. The van der Waals surface area contributed by atoms with Crippen LogP contribution >= 0.6 is 0 Å². The van der Waals surface area contributed by atoms with E-state index in [1.54, 1.807) is 0 Å². The van der Waals surface area contributed by atoms with E-state index in [1.807, 2.05) is 18.2 Å². The van der Waals surface area contributed by atoms with Gasteiger partial charge in [0, 0.05) is 25.1 Å². The van der Waals surface area contributed by atoms with Crippen LogP contribution in [0.25, 0.3) is 0 Å². The van der Waals surface area contributed by atoms with Gasteiger partial charge in [-0.25, -0.2) is 13.1 Å². The SMILES string of the molecule is CNS(=O)(=O)CCNCc1cccc2c1OCCCO2. The van der Waals surface area contributed by atoms with Crippen LogP contribution in [0.2, 0.25) is 0 Å². The van der Waals surface area contributed by atoms with Crippen molar-refractivity contribution in [2.45, 2.75) is 13.0 Å². The summed E-state index contributed by atoms with van der Waals surface area (Å²) >= 11 is 0. The molecule has 20 heavy (non-hydrogen) atoms. The molecule has 6 nitrogen and oxygen atoms in total. The molecule has 2 N–H and O–H groups in total. The molecule has 1 aliphatic heterocycles. The Morgan fingerprint density at radius 1 is 1.25 bits per heavy atom. The maximum atomic E-state index is 11.3. The van der Waals surface area contributed by atoms with E-state index in [0.29, 0.717) is 26.3 Å². The molecule has 0 saturated heterocycles. The van der Waals surface area contributed by atoms with E-state index in [-0.39, 0.29) is 5.75 Å². The summed E-state index contributed by atoms with van der Waals surface area (Å²) in [6.07, 6.45) is 0.863. The first kappa shape index (κ1) is 15.1. The molecule has 0 aliphatic carbocycles. The lowest BCUT2D eigenvalue weighted by atomic mass is 10.2. The molecule has 2 rings (SSSR count). The Morgan fingerprint density at radius 3 is 2.85 bits per heavy atom. The summed E-state index contributed by atoms with van der Waals surface area (Å²) in [5.41, 5.74) is 0.978. The van der Waals surface area contributed by atoms with Crippen molar-refractivity contribution in [1.29, 1.82) is 0 Å². The van der Waals surface area contributed by atoms with Crippen molar-refractivity contribution in [3.05, 3.63) is 23.8 Å². The molecular formula is C13H20N2O4S. The average molecular weight is 300 g/mol. The van der Waals surface area contributed by atoms with Crippen molar-refractivity contribution in [1.82, 2.24) is 10.0 Å². The first-order chi connectivity index (χ1) is 9.62. The zero-order valence-electron chi connectivity index (χ0n) is 11.5. The second-order valence-corrected chi connectivity index (χ2v) is 6.54. The van der Waals surface area contributed by atoms with Crippen molar-refractivity contribution in [3.63, 3.8) is 0 Å². The van der Waals surface area contributed by atoms with E-state index in [0.717, 1.165) is 23.5 Å². The molecule has 1 aromatic carbocycles. The zero-order chi connectivity index (χ0) is 14.4. The molecule has 0 fully saturated rings. The molecule has 7 heteroatoms. The van der Waals surface area contributed by atoms with E-state index in [4.69, 9.17) is 9.47 Å². The van der Waals surface area contributed by atoms with Crippen molar-refractivity contribution < 1.29 is 17.9 Å². The summed E-state index contributed by atoms with van der Waals surface area (Å²) in [7, 11) is -1.75. The Kier molecular flexibility index (Phi) is 5.22. The minimum atomic E-state index is -3.17. The summed E-state index contributed by atoms with van der Waals surface area (Å²) in [4.78, 5) is 0. The van der Waals surface area contributed by atoms with Gasteiger partial charge in [0.1, 0.15) is 0 Å². The van der Waals surface area contributed by atoms with Gasteiger partial charge in [0.15, 0.2) is 11.5 Å². The Bertz CT molecular complexity index is 545. The monoisotopic (exact) mass is 300 g/mol. The molecule has 0 unspecified atom stereocenters. The van der Waals surface area contributed by atoms with Gasteiger partial charge >= 0.3 is 0 Å². The predicted octanol–water partition coefficient (Wildman–Crippen LogP) is 0.487. The number of hydrogen-bond donors (Lipinski definition) is 2. The van der Waals surface area contributed by atoms with Crippen LogP contribution in [-0.2, 0) is 16.6 Å². The smallest absolute Gasteiger partial charge is 0.212 e. The Hall–Kier alpha value is -1.31. The quantitative estimate of drug-likeness (QED) is 0.748. The highest BCUT2D eigenvalue weighted by Crippen LogP contribution is 2.32. The normalized spacial score (nSPS) is 14.8. The van der Waals surface area contributed by atoms with Gasteiger partial charge < -0.3 is 14.8 Å². The third-order valence-corrected chi connectivity index (χ3v) is 4.39. The van der Waals surface area contributed by atoms with E-state index in [2.05, 4.69) is 10.0 Å². The summed E-state index contributed by atoms with van der Waals surface area (Å²) in [5, 5.41) is 3.11. The fraction of sp³-hybridized carbons (Fsp3) is 0.538. The maximum absolute atomic E-state index is 11.3. The minimum absolute atomic E-state index is 0.0515. The maximum Gasteiger partial charge on any atom is 0.212 e. The first-order valence-corrected chi connectivity index (χ1v) is 8.27. The number of benzene rings is 1. The average Bonchev–Trinajstić information content (AvgIpc) is 2.69. The molecule has 0 atom stereocenters. The molecular weight excluding hydrogens is 280 g/mol. The number of rotatable bonds is 6. The van der Waals surface area contributed by atoms with Crippen LogP contribution in [0.5, 0.6) is 11.5 Å². The molecule has 1 heterocycles. The lowest BCUT2D eigenvalue weighted by Crippen LogP contribution is -2.29. The van der Waals surface area contributed by atoms with Gasteiger partial charge in [-0.1, -0.05) is 12.1 Å². The summed E-state index contributed by atoms with van der Waals surface area (Å²) in [6, 6.07) is 5.75. The first-order valence-electron chi connectivity index (χ1n) is 6.62. The van der Waals surface area contributed by atoms with Gasteiger partial charge in [-0.05, 0) is 13.1 Å². The van der Waals surface area contributed by atoms with E-state index < -0.39 is 10.0 Å². The van der Waals surface area contributed by atoms with Crippen LogP contribution in [-0.4, -0.2) is 41.0 Å². The van der Waals surface area contributed by atoms with E-state index in [9.17, 15) is 8.42 Å². The molecule has 1 aromatic rings. The number of fused-ring (bicyclic) bond motifs is 1. The molecule has 0 amide bonds. The summed E-state index contributed by atoms with van der Waals surface area (Å²) in [5.74, 6) is 1.56. The van der Waals surface area contributed by atoms with Gasteiger partial charge in [-0.3, -0.25) is 0 Å². The Morgan fingerprint density at radius 2 is 2.05 bits per heavy atom. The fourth-order valence-corrected chi connectivity index (χ4v) is 2.54. The van der Waals surface area contributed by atoms with Crippen LogP contribution < -0.4 is 19.5 Å². The third kappa shape index (κ3) is 4.09. The van der Waals surface area contributed by atoms with Gasteiger partial charge in [-0.2, -0.15) is 0 Å². The third-order valence-electron chi connectivity index (χ3n) is 3.03. The zero-order valence-corrected chi connectivity index (χ0v) is 12.3. The minimum Gasteiger partial charge on any atom is -0.490 e. The van der Waals surface area contributed by atoms with Crippen LogP contribution in [0, 0.1) is 0 Å². The molecule has 0 aromatic heterocycles. The molecule has 0 spiro atoms. The highest BCUT2D eigenvalue weighted by molar-refractivity contribution is 7.89. The number of hydrogen-bond acceptors (Lipinski definition) is 5. The summed E-state index contributed by atoms with van der Waals surface area (Å²) in [6.45, 7) is 2.22. The van der Waals surface area contributed by atoms with Crippen molar-refractivity contribution >= 4 is 10.0 Å². The number of nitrogens with one attached hydrogen (secondary N) is 2. The number of sulfonamides is 1. The van der Waals surface area contributed by atoms with Gasteiger partial charge in [0.25, 0.3) is 0 Å². The van der Waals surface area contributed by atoms with Gasteiger partial charge in [0.05, 0.1) is 19.0 Å². The van der Waals surface area contributed by atoms with Crippen molar-refractivity contribution in [3.8, 4) is 11.5 Å². The molecule has 0 saturated carbocycles. The van der Waals surface area contributed by atoms with Gasteiger partial charge in [-0.15, -0.1) is 0 Å². The predicted molar refractivity (Wildman–Crippen MR) is 76.6 cm³/mol. The van der Waals surface area contributed by atoms with Crippen LogP contribution in [0.4, 0.5) is 0 Å². The topological polar surface area (TPSA) is 76.7 Å². The number of para-hydroxylation sites is 1. The second kappa shape index (κ2) is 6.92. The van der Waals surface area contributed by atoms with Crippen LogP contribution in [0.3, 0.4) is 0 Å². The standard InChI is InChI=1S/C13H20N2O4S/c1-14-20(16,17)9-6-15-10-11-4-2-5-12-13(11)19-8-3-7-18-12/h2,4-5,14-15H,3,6-10H2,1H3. The lowest BCUT2D eigenvalue weighted by Gasteiger charge is -2.13. The largest absolute Gasteiger partial charge is 0.490 e. The van der Waals surface area contributed by atoms with E-state index in [1.165, 1.54) is 7.05 Å². The highest BCUT2D eigenvalue weighted by Gasteiger charge is 2.14. The Balaban J connectivity index is 1.93. The molecule has 0 bridgehead atoms. The van der Waals surface area contributed by atoms with Crippen LogP contribution in [0.15, 0.2) is 18.2 Å². The summed E-state index contributed by atoms with van der Waals surface area (Å²) < 4.78 is 36.2. The lowest BCUT2D eigenvalue weighted by molar-refractivity contribution is 0.296. The Labute approximate surface area is 119 Å². The van der Waals surface area contributed by atoms with Crippen molar-refractivity contribution in [2.24, 2.45) is 0 Å². The van der Waals surface area contributed by atoms with Crippen LogP contribution in [0.1, 0.15) is 12.0 Å². The highest BCUT2D eigenvalue weighted by atomic mass is 32.2. The fourth-order valence-electron chi connectivity index (χ4n) is 1.92. The molecule has 0 radical (unpaired) electrons. The van der Waals surface area contributed by atoms with Gasteiger partial charge in [0.2, 0.25) is 10.0 Å². The molecule has 1 aliphatic rings.